The summed E-state index contributed by atoms with van der Waals surface area (Å²) in [5.41, 5.74) is 2.46. The topological polar surface area (TPSA) is 78.4 Å². The van der Waals surface area contributed by atoms with Crippen molar-refractivity contribution in [1.29, 1.82) is 0 Å². The van der Waals surface area contributed by atoms with Crippen molar-refractivity contribution in [2.75, 3.05) is 11.9 Å². The molecule has 2 unspecified atom stereocenters. The van der Waals surface area contributed by atoms with Gasteiger partial charge in [0.1, 0.15) is 0 Å². The number of allylic oxidation sites excluding steroid dienone is 1. The number of rotatable bonds is 9. The second-order valence-corrected chi connectivity index (χ2v) is 6.45. The van der Waals surface area contributed by atoms with Crippen LogP contribution in [0.4, 0.5) is 5.69 Å². The molecule has 5 nitrogen and oxygen atoms in total. The molecule has 0 saturated heterocycles. The molecule has 0 saturated carbocycles. The lowest BCUT2D eigenvalue weighted by Crippen LogP contribution is -2.33. The van der Waals surface area contributed by atoms with Gasteiger partial charge >= 0.3 is 0 Å². The minimum absolute atomic E-state index is 0.00911. The van der Waals surface area contributed by atoms with Crippen LogP contribution in [0.5, 0.6) is 0 Å². The maximum Gasteiger partial charge on any atom is 0.221 e. The third-order valence-electron chi connectivity index (χ3n) is 4.15. The Bertz CT molecular complexity index is 770. The Morgan fingerprint density at radius 3 is 2.37 bits per heavy atom. The highest BCUT2D eigenvalue weighted by atomic mass is 16.3. The number of hydrogen-bond acceptors (Lipinski definition) is 4. The van der Waals surface area contributed by atoms with E-state index in [4.69, 9.17) is 0 Å². The Balaban J connectivity index is 1.75. The number of anilines is 1. The molecule has 3 N–H and O–H groups in total. The van der Waals surface area contributed by atoms with Gasteiger partial charge in [0.2, 0.25) is 5.91 Å². The number of hydrogen-bond donors (Lipinski definition) is 3. The van der Waals surface area contributed by atoms with Crippen molar-refractivity contribution in [3.05, 3.63) is 71.8 Å². The van der Waals surface area contributed by atoms with Gasteiger partial charge in [-0.05, 0) is 36.3 Å². The van der Waals surface area contributed by atoms with Crippen molar-refractivity contribution in [2.24, 2.45) is 0 Å². The Kier molecular flexibility index (Phi) is 7.92. The average Bonchev–Trinajstić information content (AvgIpc) is 2.67. The Morgan fingerprint density at radius 2 is 1.74 bits per heavy atom. The monoisotopic (exact) mass is 366 g/mol. The predicted molar refractivity (Wildman–Crippen MR) is 108 cm³/mol. The lowest BCUT2D eigenvalue weighted by atomic mass is 10.0. The van der Waals surface area contributed by atoms with E-state index in [1.807, 2.05) is 49.4 Å². The van der Waals surface area contributed by atoms with Crippen LogP contribution in [0.25, 0.3) is 6.08 Å². The zero-order valence-electron chi connectivity index (χ0n) is 15.7. The van der Waals surface area contributed by atoms with E-state index in [1.165, 1.54) is 6.92 Å². The molecule has 0 bridgehead atoms. The number of amides is 1. The summed E-state index contributed by atoms with van der Waals surface area (Å²) in [7, 11) is 0. The molecule has 0 aliphatic rings. The first-order valence-corrected chi connectivity index (χ1v) is 9.00. The third kappa shape index (κ3) is 7.17. The highest BCUT2D eigenvalue weighted by Crippen LogP contribution is 2.16. The SMILES string of the molecule is CC(=O)Nc1ccc(/C=C/C(=O)CCNC(C)C(O)c2ccccc2)cc1. The molecule has 0 radical (unpaired) electrons. The minimum Gasteiger partial charge on any atom is -0.387 e. The molecule has 142 valence electrons. The van der Waals surface area contributed by atoms with Crippen LogP contribution in [0.15, 0.2) is 60.7 Å². The third-order valence-corrected chi connectivity index (χ3v) is 4.15. The molecule has 0 fully saturated rings. The van der Waals surface area contributed by atoms with Crippen molar-refractivity contribution in [3.8, 4) is 0 Å². The number of nitrogens with one attached hydrogen (secondary N) is 2. The lowest BCUT2D eigenvalue weighted by molar-refractivity contribution is -0.115. The molecule has 2 atom stereocenters. The molecule has 2 aromatic carbocycles. The molecule has 2 aromatic rings. The normalized spacial score (nSPS) is 13.3. The standard InChI is InChI=1S/C22H26N2O3/c1-16(22(27)19-6-4-3-5-7-19)23-15-14-21(26)13-10-18-8-11-20(12-9-18)24-17(2)25/h3-13,16,22-23,27H,14-15H2,1-2H3,(H,24,25)/b13-10+. The maximum atomic E-state index is 12.0. The molecular formula is C22H26N2O3. The van der Waals surface area contributed by atoms with Gasteiger partial charge < -0.3 is 15.7 Å². The molecule has 2 rings (SSSR count). The van der Waals surface area contributed by atoms with Crippen LogP contribution in [0.2, 0.25) is 0 Å². The molecule has 1 amide bonds. The van der Waals surface area contributed by atoms with Gasteiger partial charge in [-0.25, -0.2) is 0 Å². The van der Waals surface area contributed by atoms with Gasteiger partial charge in [0.25, 0.3) is 0 Å². The van der Waals surface area contributed by atoms with Crippen LogP contribution < -0.4 is 10.6 Å². The summed E-state index contributed by atoms with van der Waals surface area (Å²) in [6, 6.07) is 16.6. The van der Waals surface area contributed by atoms with Crippen LogP contribution in [0.3, 0.4) is 0 Å². The van der Waals surface area contributed by atoms with E-state index in [0.29, 0.717) is 13.0 Å². The van der Waals surface area contributed by atoms with E-state index >= 15 is 0 Å². The molecular weight excluding hydrogens is 340 g/mol. The summed E-state index contributed by atoms with van der Waals surface area (Å²) >= 11 is 0. The quantitative estimate of drug-likeness (QED) is 0.595. The van der Waals surface area contributed by atoms with Gasteiger partial charge in [-0.15, -0.1) is 0 Å². The van der Waals surface area contributed by atoms with Gasteiger partial charge in [0.15, 0.2) is 5.78 Å². The molecule has 0 aliphatic carbocycles. The smallest absolute Gasteiger partial charge is 0.221 e. The fraction of sp³-hybridized carbons (Fsp3) is 0.273. The van der Waals surface area contributed by atoms with Gasteiger partial charge in [0, 0.05) is 31.6 Å². The maximum absolute atomic E-state index is 12.0. The number of aliphatic hydroxyl groups excluding tert-OH is 1. The van der Waals surface area contributed by atoms with Crippen LogP contribution in [-0.4, -0.2) is 29.4 Å². The van der Waals surface area contributed by atoms with Gasteiger partial charge in [0.05, 0.1) is 6.10 Å². The largest absolute Gasteiger partial charge is 0.387 e. The first kappa shape index (κ1) is 20.6. The number of carbonyl (C=O) groups is 2. The highest BCUT2D eigenvalue weighted by Gasteiger charge is 2.15. The van der Waals surface area contributed by atoms with Crippen LogP contribution in [-0.2, 0) is 9.59 Å². The highest BCUT2D eigenvalue weighted by molar-refractivity contribution is 5.94. The molecule has 0 aromatic heterocycles. The fourth-order valence-corrected chi connectivity index (χ4v) is 2.63. The minimum atomic E-state index is -0.612. The molecule has 0 spiro atoms. The van der Waals surface area contributed by atoms with E-state index < -0.39 is 6.10 Å². The predicted octanol–water partition coefficient (Wildman–Crippen LogP) is 3.33. The van der Waals surface area contributed by atoms with Gasteiger partial charge in [-0.1, -0.05) is 48.5 Å². The van der Waals surface area contributed by atoms with Crippen molar-refractivity contribution >= 4 is 23.5 Å². The second-order valence-electron chi connectivity index (χ2n) is 6.45. The number of ketones is 1. The van der Waals surface area contributed by atoms with E-state index in [0.717, 1.165) is 16.8 Å². The molecule has 0 aliphatic heterocycles. The van der Waals surface area contributed by atoms with Crippen molar-refractivity contribution in [1.82, 2.24) is 5.32 Å². The Morgan fingerprint density at radius 1 is 1.07 bits per heavy atom. The van der Waals surface area contributed by atoms with Gasteiger partial charge in [-0.2, -0.15) is 0 Å². The molecule has 5 heteroatoms. The number of benzene rings is 2. The number of carbonyl (C=O) groups excluding carboxylic acids is 2. The zero-order chi connectivity index (χ0) is 19.6. The second kappa shape index (κ2) is 10.4. The van der Waals surface area contributed by atoms with Crippen LogP contribution >= 0.6 is 0 Å². The van der Waals surface area contributed by atoms with E-state index in [9.17, 15) is 14.7 Å². The lowest BCUT2D eigenvalue weighted by Gasteiger charge is -2.20. The fourth-order valence-electron chi connectivity index (χ4n) is 2.63. The zero-order valence-corrected chi connectivity index (χ0v) is 15.7. The summed E-state index contributed by atoms with van der Waals surface area (Å²) in [5.74, 6) is -0.109. The number of aliphatic hydroxyl groups is 1. The van der Waals surface area contributed by atoms with Crippen molar-refractivity contribution in [3.63, 3.8) is 0 Å². The van der Waals surface area contributed by atoms with E-state index in [-0.39, 0.29) is 17.7 Å². The average molecular weight is 366 g/mol. The van der Waals surface area contributed by atoms with E-state index in [2.05, 4.69) is 10.6 Å². The summed E-state index contributed by atoms with van der Waals surface area (Å²) in [5, 5.41) is 16.2. The van der Waals surface area contributed by atoms with Gasteiger partial charge in [-0.3, -0.25) is 9.59 Å². The molecule has 27 heavy (non-hydrogen) atoms. The van der Waals surface area contributed by atoms with E-state index in [1.54, 1.807) is 24.3 Å². The van der Waals surface area contributed by atoms with Crippen LogP contribution in [0, 0.1) is 0 Å². The summed E-state index contributed by atoms with van der Waals surface area (Å²) < 4.78 is 0. The first-order valence-electron chi connectivity index (χ1n) is 9.00. The molecule has 0 heterocycles. The van der Waals surface area contributed by atoms with Crippen molar-refractivity contribution < 1.29 is 14.7 Å². The van der Waals surface area contributed by atoms with Crippen LogP contribution in [0.1, 0.15) is 37.5 Å². The summed E-state index contributed by atoms with van der Waals surface area (Å²) in [6.45, 7) is 3.85. The van der Waals surface area contributed by atoms with Crippen molar-refractivity contribution in [2.45, 2.75) is 32.4 Å². The summed E-state index contributed by atoms with van der Waals surface area (Å²) in [4.78, 5) is 23.0. The first-order chi connectivity index (χ1) is 13.0. The summed E-state index contributed by atoms with van der Waals surface area (Å²) in [6.07, 6.45) is 3.04. The Labute approximate surface area is 160 Å². The Hall–Kier alpha value is -2.76.